The van der Waals surface area contributed by atoms with Crippen LogP contribution in [0.5, 0.6) is 5.75 Å². The standard InChI is InChI=1S/C21H19ClN2O3/c1-26-18-7-5-14(6-8-18)16-9-10-24(13-16)21(25)19-12-20(27-23-19)15-3-2-4-17(22)11-15/h2-8,11-12,16H,9-10,13H2,1H3. The number of halogens is 1. The van der Waals surface area contributed by atoms with Crippen LogP contribution in [0.25, 0.3) is 11.3 Å². The van der Waals surface area contributed by atoms with Gasteiger partial charge in [0, 0.05) is 35.7 Å². The highest BCUT2D eigenvalue weighted by Gasteiger charge is 2.29. The number of rotatable bonds is 4. The van der Waals surface area contributed by atoms with E-state index in [1.165, 1.54) is 5.56 Å². The van der Waals surface area contributed by atoms with Crippen molar-refractivity contribution in [1.82, 2.24) is 10.1 Å². The molecule has 1 aromatic heterocycles. The molecule has 0 spiro atoms. The summed E-state index contributed by atoms with van der Waals surface area (Å²) < 4.78 is 10.6. The molecule has 1 amide bonds. The molecular formula is C21H19ClN2O3. The molecule has 0 N–H and O–H groups in total. The topological polar surface area (TPSA) is 55.6 Å². The predicted octanol–water partition coefficient (Wildman–Crippen LogP) is 4.63. The van der Waals surface area contributed by atoms with E-state index in [0.717, 1.165) is 17.7 Å². The second kappa shape index (κ2) is 7.45. The van der Waals surface area contributed by atoms with Crippen LogP contribution in [0.2, 0.25) is 5.02 Å². The lowest BCUT2D eigenvalue weighted by Crippen LogP contribution is -2.28. The maximum Gasteiger partial charge on any atom is 0.276 e. The summed E-state index contributed by atoms with van der Waals surface area (Å²) in [6, 6.07) is 17.0. The van der Waals surface area contributed by atoms with Crippen LogP contribution < -0.4 is 4.74 Å². The van der Waals surface area contributed by atoms with Crippen molar-refractivity contribution >= 4 is 17.5 Å². The molecule has 1 atom stereocenters. The van der Waals surface area contributed by atoms with Gasteiger partial charge in [0.15, 0.2) is 11.5 Å². The molecule has 2 heterocycles. The average molecular weight is 383 g/mol. The molecule has 0 bridgehead atoms. The van der Waals surface area contributed by atoms with E-state index in [1.54, 1.807) is 25.3 Å². The van der Waals surface area contributed by atoms with Crippen molar-refractivity contribution in [2.75, 3.05) is 20.2 Å². The predicted molar refractivity (Wildman–Crippen MR) is 103 cm³/mol. The van der Waals surface area contributed by atoms with Gasteiger partial charge < -0.3 is 14.2 Å². The van der Waals surface area contributed by atoms with Crippen LogP contribution in [-0.4, -0.2) is 36.2 Å². The molecule has 1 aliphatic rings. The Kier molecular flexibility index (Phi) is 4.86. The van der Waals surface area contributed by atoms with Gasteiger partial charge in [-0.1, -0.05) is 41.0 Å². The lowest BCUT2D eigenvalue weighted by molar-refractivity contribution is 0.0780. The van der Waals surface area contributed by atoms with Crippen LogP contribution in [0.1, 0.15) is 28.4 Å². The fourth-order valence-corrected chi connectivity index (χ4v) is 3.60. The zero-order valence-corrected chi connectivity index (χ0v) is 15.6. The fourth-order valence-electron chi connectivity index (χ4n) is 3.41. The quantitative estimate of drug-likeness (QED) is 0.660. The Balaban J connectivity index is 1.46. The minimum atomic E-state index is -0.108. The molecule has 0 aliphatic carbocycles. The van der Waals surface area contributed by atoms with Gasteiger partial charge in [-0.25, -0.2) is 0 Å². The minimum Gasteiger partial charge on any atom is -0.497 e. The number of carbonyl (C=O) groups is 1. The van der Waals surface area contributed by atoms with Gasteiger partial charge >= 0.3 is 0 Å². The number of aromatic nitrogens is 1. The zero-order valence-electron chi connectivity index (χ0n) is 14.9. The van der Waals surface area contributed by atoms with E-state index in [9.17, 15) is 4.79 Å². The van der Waals surface area contributed by atoms with Crippen molar-refractivity contribution in [3.8, 4) is 17.1 Å². The molecule has 1 saturated heterocycles. The van der Waals surface area contributed by atoms with Crippen molar-refractivity contribution < 1.29 is 14.1 Å². The summed E-state index contributed by atoms with van der Waals surface area (Å²) in [6.45, 7) is 1.37. The summed E-state index contributed by atoms with van der Waals surface area (Å²) in [7, 11) is 1.65. The summed E-state index contributed by atoms with van der Waals surface area (Å²) in [4.78, 5) is 14.6. The molecule has 0 saturated carbocycles. The van der Waals surface area contributed by atoms with E-state index in [4.69, 9.17) is 20.9 Å². The first kappa shape index (κ1) is 17.6. The van der Waals surface area contributed by atoms with E-state index < -0.39 is 0 Å². The lowest BCUT2D eigenvalue weighted by atomic mass is 9.98. The van der Waals surface area contributed by atoms with Crippen LogP contribution in [0.3, 0.4) is 0 Å². The Labute approximate surface area is 162 Å². The van der Waals surface area contributed by atoms with Gasteiger partial charge in [0.05, 0.1) is 7.11 Å². The molecule has 27 heavy (non-hydrogen) atoms. The molecule has 0 radical (unpaired) electrons. The van der Waals surface area contributed by atoms with Crippen LogP contribution in [0.15, 0.2) is 59.1 Å². The molecule has 5 nitrogen and oxygen atoms in total. The molecule has 138 valence electrons. The molecule has 1 fully saturated rings. The maximum absolute atomic E-state index is 12.8. The van der Waals surface area contributed by atoms with Crippen LogP contribution in [0.4, 0.5) is 0 Å². The number of carbonyl (C=O) groups excluding carboxylic acids is 1. The second-order valence-corrected chi connectivity index (χ2v) is 7.03. The van der Waals surface area contributed by atoms with Crippen LogP contribution in [0, 0.1) is 0 Å². The molecule has 2 aromatic carbocycles. The molecule has 1 unspecified atom stereocenters. The highest BCUT2D eigenvalue weighted by molar-refractivity contribution is 6.30. The number of amides is 1. The first-order chi connectivity index (χ1) is 13.1. The summed E-state index contributed by atoms with van der Waals surface area (Å²) in [6.07, 6.45) is 0.928. The summed E-state index contributed by atoms with van der Waals surface area (Å²) in [5, 5.41) is 4.57. The highest BCUT2D eigenvalue weighted by atomic mass is 35.5. The number of ether oxygens (including phenoxy) is 1. The van der Waals surface area contributed by atoms with Crippen molar-refractivity contribution in [1.29, 1.82) is 0 Å². The third kappa shape index (κ3) is 3.69. The lowest BCUT2D eigenvalue weighted by Gasteiger charge is -2.15. The summed E-state index contributed by atoms with van der Waals surface area (Å²) >= 11 is 6.02. The largest absolute Gasteiger partial charge is 0.497 e. The van der Waals surface area contributed by atoms with Crippen molar-refractivity contribution in [2.45, 2.75) is 12.3 Å². The normalized spacial score (nSPS) is 16.5. The Morgan fingerprint density at radius 2 is 2.04 bits per heavy atom. The fraction of sp³-hybridized carbons (Fsp3) is 0.238. The van der Waals surface area contributed by atoms with E-state index in [1.807, 2.05) is 29.2 Å². The van der Waals surface area contributed by atoms with Gasteiger partial charge in [-0.3, -0.25) is 4.79 Å². The van der Waals surface area contributed by atoms with Gasteiger partial charge in [0.1, 0.15) is 5.75 Å². The molecule has 6 heteroatoms. The van der Waals surface area contributed by atoms with E-state index in [-0.39, 0.29) is 5.91 Å². The van der Waals surface area contributed by atoms with Gasteiger partial charge in [-0.05, 0) is 36.2 Å². The van der Waals surface area contributed by atoms with Gasteiger partial charge in [0.25, 0.3) is 5.91 Å². The van der Waals surface area contributed by atoms with E-state index >= 15 is 0 Å². The number of hydrogen-bond donors (Lipinski definition) is 0. The average Bonchev–Trinajstić information content (AvgIpc) is 3.38. The third-order valence-electron chi connectivity index (χ3n) is 4.90. The number of methoxy groups -OCH3 is 1. The number of nitrogens with zero attached hydrogens (tertiary/aromatic N) is 2. The van der Waals surface area contributed by atoms with E-state index in [2.05, 4.69) is 17.3 Å². The Hall–Kier alpha value is -2.79. The van der Waals surface area contributed by atoms with Crippen LogP contribution in [-0.2, 0) is 0 Å². The summed E-state index contributed by atoms with van der Waals surface area (Å²) in [5.74, 6) is 1.58. The molecule has 1 aliphatic heterocycles. The number of benzene rings is 2. The Morgan fingerprint density at radius 1 is 1.22 bits per heavy atom. The molecular weight excluding hydrogens is 364 g/mol. The maximum atomic E-state index is 12.8. The first-order valence-electron chi connectivity index (χ1n) is 8.80. The first-order valence-corrected chi connectivity index (χ1v) is 9.18. The third-order valence-corrected chi connectivity index (χ3v) is 5.14. The van der Waals surface area contributed by atoms with Gasteiger partial charge in [0.2, 0.25) is 0 Å². The zero-order chi connectivity index (χ0) is 18.8. The summed E-state index contributed by atoms with van der Waals surface area (Å²) in [5.41, 5.74) is 2.33. The van der Waals surface area contributed by atoms with Crippen LogP contribution >= 0.6 is 11.6 Å². The van der Waals surface area contributed by atoms with E-state index in [0.29, 0.717) is 35.5 Å². The monoisotopic (exact) mass is 382 g/mol. The van der Waals surface area contributed by atoms with Gasteiger partial charge in [-0.15, -0.1) is 0 Å². The highest BCUT2D eigenvalue weighted by Crippen LogP contribution is 2.30. The Morgan fingerprint density at radius 3 is 2.78 bits per heavy atom. The minimum absolute atomic E-state index is 0.108. The smallest absolute Gasteiger partial charge is 0.276 e. The second-order valence-electron chi connectivity index (χ2n) is 6.60. The molecule has 4 rings (SSSR count). The van der Waals surface area contributed by atoms with Crippen molar-refractivity contribution in [3.63, 3.8) is 0 Å². The van der Waals surface area contributed by atoms with Crippen molar-refractivity contribution in [3.05, 3.63) is 70.9 Å². The van der Waals surface area contributed by atoms with Gasteiger partial charge in [-0.2, -0.15) is 0 Å². The SMILES string of the molecule is COc1ccc(C2CCN(C(=O)c3cc(-c4cccc(Cl)c4)on3)C2)cc1. The Bertz CT molecular complexity index is 952. The number of hydrogen-bond acceptors (Lipinski definition) is 4. The number of likely N-dealkylation sites (tertiary alicyclic amines) is 1. The van der Waals surface area contributed by atoms with Crippen molar-refractivity contribution in [2.24, 2.45) is 0 Å². The molecule has 3 aromatic rings.